The van der Waals surface area contributed by atoms with Crippen molar-refractivity contribution in [1.82, 2.24) is 0 Å². The number of benzene rings is 2. The van der Waals surface area contributed by atoms with Crippen molar-refractivity contribution in [2.24, 2.45) is 0 Å². The number of hydrogen-bond acceptors (Lipinski definition) is 4. The summed E-state index contributed by atoms with van der Waals surface area (Å²) in [5.41, 5.74) is 1.86. The van der Waals surface area contributed by atoms with Crippen molar-refractivity contribution >= 4 is 28.9 Å². The maximum absolute atomic E-state index is 13.1. The number of halogens is 1. The van der Waals surface area contributed by atoms with E-state index in [0.717, 1.165) is 18.8 Å². The topological polar surface area (TPSA) is 70.7 Å². The molecular weight excluding hydrogens is 337 g/mol. The van der Waals surface area contributed by atoms with Gasteiger partial charge in [-0.05, 0) is 30.3 Å². The van der Waals surface area contributed by atoms with Crippen LogP contribution in [-0.4, -0.2) is 38.1 Å². The monoisotopic (exact) mass is 357 g/mol. The molecular formula is C19H20FN3O3. The van der Waals surface area contributed by atoms with E-state index in [0.29, 0.717) is 24.6 Å². The summed E-state index contributed by atoms with van der Waals surface area (Å²) >= 11 is 0. The van der Waals surface area contributed by atoms with Crippen LogP contribution in [0.2, 0.25) is 0 Å². The van der Waals surface area contributed by atoms with Crippen molar-refractivity contribution in [3.8, 4) is 0 Å². The van der Waals surface area contributed by atoms with Crippen molar-refractivity contribution < 1.29 is 18.7 Å². The number of carbonyl (C=O) groups excluding carboxylic acids is 2. The summed E-state index contributed by atoms with van der Waals surface area (Å²) in [4.78, 5) is 26.3. The zero-order valence-electron chi connectivity index (χ0n) is 14.2. The number of amides is 2. The average Bonchev–Trinajstić information content (AvgIpc) is 2.62. The van der Waals surface area contributed by atoms with E-state index < -0.39 is 17.6 Å². The van der Waals surface area contributed by atoms with Crippen molar-refractivity contribution in [2.75, 3.05) is 41.8 Å². The van der Waals surface area contributed by atoms with Gasteiger partial charge in [-0.2, -0.15) is 0 Å². The molecule has 1 heterocycles. The predicted molar refractivity (Wildman–Crippen MR) is 97.8 cm³/mol. The minimum atomic E-state index is -0.503. The Morgan fingerprint density at radius 3 is 2.50 bits per heavy atom. The maximum Gasteiger partial charge on any atom is 0.233 e. The van der Waals surface area contributed by atoms with E-state index in [1.54, 1.807) is 12.1 Å². The zero-order valence-corrected chi connectivity index (χ0v) is 14.2. The van der Waals surface area contributed by atoms with Crippen LogP contribution in [0.5, 0.6) is 0 Å². The van der Waals surface area contributed by atoms with Gasteiger partial charge in [0.15, 0.2) is 0 Å². The summed E-state index contributed by atoms with van der Waals surface area (Å²) in [6.45, 7) is 2.76. The van der Waals surface area contributed by atoms with Crippen LogP contribution in [0.1, 0.15) is 6.42 Å². The molecule has 7 heteroatoms. The molecule has 1 aliphatic heterocycles. The second kappa shape index (κ2) is 8.44. The summed E-state index contributed by atoms with van der Waals surface area (Å²) in [5.74, 6) is -1.39. The van der Waals surface area contributed by atoms with Crippen molar-refractivity contribution in [3.63, 3.8) is 0 Å². The van der Waals surface area contributed by atoms with Crippen LogP contribution in [0.15, 0.2) is 48.5 Å². The van der Waals surface area contributed by atoms with Gasteiger partial charge in [0.2, 0.25) is 11.8 Å². The maximum atomic E-state index is 13.1. The smallest absolute Gasteiger partial charge is 0.233 e. The second-order valence-corrected chi connectivity index (χ2v) is 5.90. The van der Waals surface area contributed by atoms with Crippen molar-refractivity contribution in [1.29, 1.82) is 0 Å². The molecule has 0 spiro atoms. The van der Waals surface area contributed by atoms with Crippen molar-refractivity contribution in [3.05, 3.63) is 54.3 Å². The molecule has 2 amide bonds. The summed E-state index contributed by atoms with van der Waals surface area (Å²) in [6.07, 6.45) is -0.353. The lowest BCUT2D eigenvalue weighted by Gasteiger charge is -2.30. The second-order valence-electron chi connectivity index (χ2n) is 5.90. The van der Waals surface area contributed by atoms with Gasteiger partial charge >= 0.3 is 0 Å². The van der Waals surface area contributed by atoms with Gasteiger partial charge in [-0.25, -0.2) is 4.39 Å². The summed E-state index contributed by atoms with van der Waals surface area (Å²) < 4.78 is 18.5. The fourth-order valence-corrected chi connectivity index (χ4v) is 2.77. The molecule has 26 heavy (non-hydrogen) atoms. The average molecular weight is 357 g/mol. The Bertz CT molecular complexity index is 791. The van der Waals surface area contributed by atoms with Gasteiger partial charge in [0.25, 0.3) is 0 Å². The molecule has 0 atom stereocenters. The van der Waals surface area contributed by atoms with Gasteiger partial charge in [-0.3, -0.25) is 9.59 Å². The molecule has 0 bridgehead atoms. The van der Waals surface area contributed by atoms with Crippen LogP contribution in [0, 0.1) is 5.82 Å². The first kappa shape index (κ1) is 17.9. The number of para-hydroxylation sites is 2. The molecule has 1 aliphatic rings. The molecule has 0 aliphatic carbocycles. The third kappa shape index (κ3) is 4.80. The number of morpholine rings is 1. The number of nitrogens with zero attached hydrogens (tertiary/aromatic N) is 1. The highest BCUT2D eigenvalue weighted by Gasteiger charge is 2.17. The van der Waals surface area contributed by atoms with E-state index in [1.165, 1.54) is 18.2 Å². The number of rotatable bonds is 5. The highest BCUT2D eigenvalue weighted by atomic mass is 19.1. The molecule has 2 aromatic carbocycles. The first-order chi connectivity index (χ1) is 12.6. The largest absolute Gasteiger partial charge is 0.378 e. The molecule has 2 aromatic rings. The molecule has 2 N–H and O–H groups in total. The van der Waals surface area contributed by atoms with E-state index in [4.69, 9.17) is 4.74 Å². The van der Waals surface area contributed by atoms with E-state index in [-0.39, 0.29) is 6.42 Å². The van der Waals surface area contributed by atoms with Gasteiger partial charge < -0.3 is 20.3 Å². The molecule has 0 aromatic heterocycles. The van der Waals surface area contributed by atoms with Crippen LogP contribution in [-0.2, 0) is 14.3 Å². The van der Waals surface area contributed by atoms with E-state index in [9.17, 15) is 14.0 Å². The standard InChI is InChI=1S/C19H20FN3O3/c20-14-4-3-5-15(12-14)21-18(24)13-19(25)22-16-6-1-2-7-17(16)23-8-10-26-11-9-23/h1-7,12H,8-11,13H2,(H,21,24)(H,22,25). The van der Waals surface area contributed by atoms with Gasteiger partial charge in [0.1, 0.15) is 12.2 Å². The van der Waals surface area contributed by atoms with Gasteiger partial charge in [0.05, 0.1) is 24.6 Å². The molecule has 6 nitrogen and oxygen atoms in total. The lowest BCUT2D eigenvalue weighted by atomic mass is 10.2. The Kier molecular flexibility index (Phi) is 5.80. The van der Waals surface area contributed by atoms with Crippen LogP contribution in [0.25, 0.3) is 0 Å². The Hall–Kier alpha value is -2.93. The number of hydrogen-bond donors (Lipinski definition) is 2. The first-order valence-corrected chi connectivity index (χ1v) is 8.39. The lowest BCUT2D eigenvalue weighted by Crippen LogP contribution is -2.36. The molecule has 0 radical (unpaired) electrons. The SMILES string of the molecule is O=C(CC(=O)Nc1ccccc1N1CCOCC1)Nc1cccc(F)c1. The minimum absolute atomic E-state index is 0.316. The first-order valence-electron chi connectivity index (χ1n) is 8.39. The van der Waals surface area contributed by atoms with E-state index in [1.807, 2.05) is 18.2 Å². The van der Waals surface area contributed by atoms with Gasteiger partial charge in [-0.15, -0.1) is 0 Å². The van der Waals surface area contributed by atoms with E-state index >= 15 is 0 Å². The fourth-order valence-electron chi connectivity index (χ4n) is 2.77. The Labute approximate surface area is 150 Å². The van der Waals surface area contributed by atoms with E-state index in [2.05, 4.69) is 15.5 Å². The van der Waals surface area contributed by atoms with Crippen molar-refractivity contribution in [2.45, 2.75) is 6.42 Å². The van der Waals surface area contributed by atoms with Crippen LogP contribution < -0.4 is 15.5 Å². The summed E-state index contributed by atoms with van der Waals surface area (Å²) in [6, 6.07) is 13.0. The molecule has 3 rings (SSSR count). The third-order valence-corrected chi connectivity index (χ3v) is 3.96. The van der Waals surface area contributed by atoms with Crippen LogP contribution in [0.4, 0.5) is 21.5 Å². The fraction of sp³-hybridized carbons (Fsp3) is 0.263. The Morgan fingerprint density at radius 1 is 1.00 bits per heavy atom. The molecule has 1 fully saturated rings. The quantitative estimate of drug-likeness (QED) is 0.807. The van der Waals surface area contributed by atoms with Crippen LogP contribution in [0.3, 0.4) is 0 Å². The predicted octanol–water partition coefficient (Wildman–Crippen LogP) is 2.63. The normalized spacial score (nSPS) is 14.0. The highest BCUT2D eigenvalue weighted by Crippen LogP contribution is 2.26. The molecule has 0 saturated carbocycles. The number of carbonyl (C=O) groups is 2. The Balaban J connectivity index is 1.60. The minimum Gasteiger partial charge on any atom is -0.378 e. The molecule has 136 valence electrons. The van der Waals surface area contributed by atoms with Gasteiger partial charge in [0, 0.05) is 18.8 Å². The summed E-state index contributed by atoms with van der Waals surface area (Å²) in [5, 5.41) is 5.29. The summed E-state index contributed by atoms with van der Waals surface area (Å²) in [7, 11) is 0. The van der Waals surface area contributed by atoms with Crippen LogP contribution >= 0.6 is 0 Å². The zero-order chi connectivity index (χ0) is 18.4. The van der Waals surface area contributed by atoms with Gasteiger partial charge in [-0.1, -0.05) is 18.2 Å². The number of anilines is 3. The Morgan fingerprint density at radius 2 is 1.73 bits per heavy atom. The molecule has 0 unspecified atom stereocenters. The number of nitrogens with one attached hydrogen (secondary N) is 2. The highest BCUT2D eigenvalue weighted by molar-refractivity contribution is 6.08. The third-order valence-electron chi connectivity index (χ3n) is 3.96. The lowest BCUT2D eigenvalue weighted by molar-refractivity contribution is -0.123. The molecule has 1 saturated heterocycles. The number of ether oxygens (including phenoxy) is 1.